The molecule has 2 aliphatic rings. The van der Waals surface area contributed by atoms with Crippen LogP contribution in [-0.2, 0) is 0 Å². The van der Waals surface area contributed by atoms with Crippen molar-refractivity contribution in [2.45, 2.75) is 25.3 Å². The summed E-state index contributed by atoms with van der Waals surface area (Å²) in [6.07, 6.45) is 3.90. The quantitative estimate of drug-likeness (QED) is 0.479. The third-order valence-corrected chi connectivity index (χ3v) is 4.79. The highest BCUT2D eigenvalue weighted by Gasteiger charge is 2.34. The summed E-state index contributed by atoms with van der Waals surface area (Å²) in [6.45, 7) is 3.15. The van der Waals surface area contributed by atoms with E-state index in [2.05, 4.69) is 32.8 Å². The van der Waals surface area contributed by atoms with Gasteiger partial charge in [0.15, 0.2) is 0 Å². The molecule has 1 aliphatic heterocycles. The molecule has 1 N–H and O–H groups in total. The lowest BCUT2D eigenvalue weighted by Gasteiger charge is -2.15. The number of nitro benzene ring substituents is 1. The van der Waals surface area contributed by atoms with Crippen LogP contribution in [0.2, 0.25) is 0 Å². The molecular weight excluding hydrogens is 369 g/mol. The molecule has 1 saturated heterocycles. The zero-order chi connectivity index (χ0) is 14.1. The van der Waals surface area contributed by atoms with E-state index in [0.29, 0.717) is 11.6 Å². The van der Waals surface area contributed by atoms with Gasteiger partial charge in [-0.3, -0.25) is 10.1 Å². The van der Waals surface area contributed by atoms with E-state index >= 15 is 0 Å². The minimum absolute atomic E-state index is 0.175. The maximum atomic E-state index is 11.1. The van der Waals surface area contributed by atoms with Crippen LogP contribution in [0, 0.1) is 19.6 Å². The van der Waals surface area contributed by atoms with Gasteiger partial charge >= 0.3 is 0 Å². The maximum Gasteiger partial charge on any atom is 0.293 e. The van der Waals surface area contributed by atoms with Crippen LogP contribution in [-0.4, -0.2) is 35.5 Å². The molecule has 1 unspecified atom stereocenters. The first-order chi connectivity index (χ1) is 9.63. The van der Waals surface area contributed by atoms with Gasteiger partial charge in [0.05, 0.1) is 4.92 Å². The van der Waals surface area contributed by atoms with Crippen LogP contribution in [0.1, 0.15) is 19.3 Å². The molecule has 5 nitrogen and oxygen atoms in total. The minimum atomic E-state index is -0.310. The van der Waals surface area contributed by atoms with E-state index in [-0.39, 0.29) is 10.6 Å². The fourth-order valence-corrected chi connectivity index (χ4v) is 3.33. The molecule has 0 amide bonds. The average Bonchev–Trinajstić information content (AvgIpc) is 3.17. The predicted molar refractivity (Wildman–Crippen MR) is 87.0 cm³/mol. The highest BCUT2D eigenvalue weighted by Crippen LogP contribution is 2.32. The lowest BCUT2D eigenvalue weighted by Crippen LogP contribution is -2.24. The van der Waals surface area contributed by atoms with Crippen LogP contribution in [0.3, 0.4) is 0 Å². The summed E-state index contributed by atoms with van der Waals surface area (Å²) in [6, 6.07) is 6.16. The molecule has 20 heavy (non-hydrogen) atoms. The van der Waals surface area contributed by atoms with Crippen molar-refractivity contribution in [3.8, 4) is 0 Å². The first-order valence-electron chi connectivity index (χ1n) is 7.05. The molecule has 0 radical (unpaired) electrons. The van der Waals surface area contributed by atoms with Gasteiger partial charge in [0.25, 0.3) is 5.69 Å². The van der Waals surface area contributed by atoms with Crippen molar-refractivity contribution in [2.24, 2.45) is 5.92 Å². The molecule has 1 aromatic carbocycles. The number of likely N-dealkylation sites (tertiary alicyclic amines) is 1. The Morgan fingerprint density at radius 3 is 2.90 bits per heavy atom. The summed E-state index contributed by atoms with van der Waals surface area (Å²) in [4.78, 5) is 13.3. The number of rotatable bonds is 5. The molecule has 3 rings (SSSR count). The highest BCUT2D eigenvalue weighted by molar-refractivity contribution is 14.1. The van der Waals surface area contributed by atoms with Crippen molar-refractivity contribution in [1.29, 1.82) is 0 Å². The fourth-order valence-electron chi connectivity index (χ4n) is 2.86. The Morgan fingerprint density at radius 2 is 2.20 bits per heavy atom. The Bertz CT molecular complexity index is 519. The second-order valence-electron chi connectivity index (χ2n) is 5.68. The molecular formula is C14H18IN3O2. The van der Waals surface area contributed by atoms with E-state index in [9.17, 15) is 10.1 Å². The van der Waals surface area contributed by atoms with Crippen LogP contribution >= 0.6 is 22.6 Å². The molecule has 1 atom stereocenters. The molecule has 6 heteroatoms. The Morgan fingerprint density at radius 1 is 1.40 bits per heavy atom. The summed E-state index contributed by atoms with van der Waals surface area (Å²) >= 11 is 2.10. The number of nitro groups is 1. The lowest BCUT2D eigenvalue weighted by atomic mass is 10.1. The van der Waals surface area contributed by atoms with E-state index in [0.717, 1.165) is 22.7 Å². The SMILES string of the molecule is O=[N+]([O-])c1cc(I)ccc1NCC1CCN(C2CC2)C1. The van der Waals surface area contributed by atoms with Gasteiger partial charge in [-0.2, -0.15) is 0 Å². The molecule has 0 bridgehead atoms. The molecule has 0 aromatic heterocycles. The van der Waals surface area contributed by atoms with Gasteiger partial charge in [0.1, 0.15) is 5.69 Å². The van der Waals surface area contributed by atoms with E-state index < -0.39 is 0 Å². The smallest absolute Gasteiger partial charge is 0.293 e. The van der Waals surface area contributed by atoms with Crippen molar-refractivity contribution < 1.29 is 4.92 Å². The molecule has 2 fully saturated rings. The van der Waals surface area contributed by atoms with Gasteiger partial charge in [-0.1, -0.05) is 0 Å². The molecule has 0 spiro atoms. The number of hydrogen-bond acceptors (Lipinski definition) is 4. The van der Waals surface area contributed by atoms with E-state index in [1.165, 1.54) is 25.8 Å². The Labute approximate surface area is 132 Å². The fraction of sp³-hybridized carbons (Fsp3) is 0.571. The van der Waals surface area contributed by atoms with Gasteiger partial charge in [0.2, 0.25) is 0 Å². The van der Waals surface area contributed by atoms with Crippen LogP contribution in [0.5, 0.6) is 0 Å². The largest absolute Gasteiger partial charge is 0.379 e. The molecule has 108 valence electrons. The average molecular weight is 387 g/mol. The highest BCUT2D eigenvalue weighted by atomic mass is 127. The Balaban J connectivity index is 1.59. The lowest BCUT2D eigenvalue weighted by molar-refractivity contribution is -0.384. The number of benzene rings is 1. The maximum absolute atomic E-state index is 11.1. The van der Waals surface area contributed by atoms with Crippen molar-refractivity contribution >= 4 is 34.0 Å². The monoisotopic (exact) mass is 387 g/mol. The summed E-state index contributed by atoms with van der Waals surface area (Å²) in [5, 5.41) is 14.3. The predicted octanol–water partition coefficient (Wildman–Crippen LogP) is 3.10. The molecule has 1 aliphatic carbocycles. The number of halogens is 1. The first kappa shape index (κ1) is 14.1. The normalized spacial score (nSPS) is 22.9. The Hall–Kier alpha value is -0.890. The van der Waals surface area contributed by atoms with Gasteiger partial charge in [-0.15, -0.1) is 0 Å². The van der Waals surface area contributed by atoms with E-state index in [1.54, 1.807) is 6.07 Å². The number of hydrogen-bond donors (Lipinski definition) is 1. The molecule has 1 saturated carbocycles. The van der Waals surface area contributed by atoms with Crippen molar-refractivity contribution in [1.82, 2.24) is 4.90 Å². The number of nitrogens with zero attached hydrogens (tertiary/aromatic N) is 2. The molecule has 1 aromatic rings. The minimum Gasteiger partial charge on any atom is -0.379 e. The van der Waals surface area contributed by atoms with E-state index in [1.807, 2.05) is 12.1 Å². The zero-order valence-corrected chi connectivity index (χ0v) is 13.4. The summed E-state index contributed by atoms with van der Waals surface area (Å²) in [5.74, 6) is 0.606. The topological polar surface area (TPSA) is 58.4 Å². The van der Waals surface area contributed by atoms with Gasteiger partial charge in [-0.25, -0.2) is 0 Å². The summed E-state index contributed by atoms with van der Waals surface area (Å²) in [7, 11) is 0. The van der Waals surface area contributed by atoms with Gasteiger partial charge < -0.3 is 10.2 Å². The summed E-state index contributed by atoms with van der Waals surface area (Å²) < 4.78 is 0.889. The Kier molecular flexibility index (Phi) is 4.11. The summed E-state index contributed by atoms with van der Waals surface area (Å²) in [5.41, 5.74) is 0.814. The van der Waals surface area contributed by atoms with Gasteiger partial charge in [0, 0.05) is 28.8 Å². The van der Waals surface area contributed by atoms with E-state index in [4.69, 9.17) is 0 Å². The third kappa shape index (κ3) is 3.22. The van der Waals surface area contributed by atoms with Crippen molar-refractivity contribution in [3.05, 3.63) is 31.9 Å². The van der Waals surface area contributed by atoms with Crippen LogP contribution < -0.4 is 5.32 Å². The zero-order valence-electron chi connectivity index (χ0n) is 11.2. The third-order valence-electron chi connectivity index (χ3n) is 4.12. The molecule has 1 heterocycles. The first-order valence-corrected chi connectivity index (χ1v) is 8.13. The van der Waals surface area contributed by atoms with Gasteiger partial charge in [-0.05, 0) is 66.4 Å². The van der Waals surface area contributed by atoms with Crippen LogP contribution in [0.25, 0.3) is 0 Å². The van der Waals surface area contributed by atoms with Crippen molar-refractivity contribution in [2.75, 3.05) is 25.0 Å². The second-order valence-corrected chi connectivity index (χ2v) is 6.93. The standard InChI is InChI=1S/C14H18IN3O2/c15-11-1-4-13(14(7-11)18(19)20)16-8-10-5-6-17(9-10)12-2-3-12/h1,4,7,10,12,16H,2-3,5-6,8-9H2. The van der Waals surface area contributed by atoms with Crippen molar-refractivity contribution in [3.63, 3.8) is 0 Å². The number of nitrogens with one attached hydrogen (secondary N) is 1. The van der Waals surface area contributed by atoms with Crippen LogP contribution in [0.4, 0.5) is 11.4 Å². The number of anilines is 1. The second kappa shape index (κ2) is 5.85. The van der Waals surface area contributed by atoms with Crippen LogP contribution in [0.15, 0.2) is 18.2 Å².